The van der Waals surface area contributed by atoms with Crippen LogP contribution in [0.2, 0.25) is 0 Å². The number of fused-ring (bicyclic) bond motifs is 1. The average Bonchev–Trinajstić information content (AvgIpc) is 3.43. The maximum atomic E-state index is 13.4. The van der Waals surface area contributed by atoms with Crippen molar-refractivity contribution in [1.82, 2.24) is 20.3 Å². The molecule has 3 rings (SSSR count). The van der Waals surface area contributed by atoms with Crippen molar-refractivity contribution in [2.24, 2.45) is 17.3 Å². The number of hydrogen-bond donors (Lipinski definition) is 3. The molecule has 1 saturated carbocycles. The number of hydrogen-bond acceptors (Lipinski definition) is 5. The summed E-state index contributed by atoms with van der Waals surface area (Å²) in [7, 11) is 0. The van der Waals surface area contributed by atoms with Crippen molar-refractivity contribution in [3.05, 3.63) is 29.6 Å². The van der Waals surface area contributed by atoms with E-state index in [1.54, 1.807) is 0 Å². The zero-order valence-electron chi connectivity index (χ0n) is 20.3. The van der Waals surface area contributed by atoms with E-state index in [4.69, 9.17) is 9.72 Å². The molecular formula is C25H38N4O4. The van der Waals surface area contributed by atoms with Crippen molar-refractivity contribution in [3.63, 3.8) is 0 Å². The van der Waals surface area contributed by atoms with E-state index in [0.29, 0.717) is 42.9 Å². The number of aromatic nitrogens is 2. The van der Waals surface area contributed by atoms with Crippen molar-refractivity contribution in [1.29, 1.82) is 0 Å². The first-order valence-corrected chi connectivity index (χ1v) is 12.0. The van der Waals surface area contributed by atoms with Crippen molar-refractivity contribution in [2.75, 3.05) is 13.2 Å². The van der Waals surface area contributed by atoms with Gasteiger partial charge in [0.15, 0.2) is 0 Å². The highest BCUT2D eigenvalue weighted by molar-refractivity contribution is 5.80. The van der Waals surface area contributed by atoms with Gasteiger partial charge in [-0.1, -0.05) is 52.5 Å². The normalized spacial score (nSPS) is 16.6. The lowest BCUT2D eigenvalue weighted by Gasteiger charge is -2.32. The molecule has 1 aromatic heterocycles. The summed E-state index contributed by atoms with van der Waals surface area (Å²) >= 11 is 0. The molecule has 182 valence electrons. The number of nitrogens with zero attached hydrogens (tertiary/aromatic N) is 2. The monoisotopic (exact) mass is 458 g/mol. The second kappa shape index (κ2) is 11.1. The summed E-state index contributed by atoms with van der Waals surface area (Å²) in [5, 5.41) is 13.6. The van der Waals surface area contributed by atoms with Crippen LogP contribution < -0.4 is 5.32 Å². The number of H-pyrrole nitrogens is 1. The number of imidazole rings is 1. The lowest BCUT2D eigenvalue weighted by Crippen LogP contribution is -2.43. The molecule has 0 bridgehead atoms. The number of benzene rings is 1. The molecule has 0 unspecified atom stereocenters. The molecule has 0 aliphatic heterocycles. The fourth-order valence-electron chi connectivity index (χ4n) is 4.66. The predicted molar refractivity (Wildman–Crippen MR) is 126 cm³/mol. The highest BCUT2D eigenvalue weighted by Gasteiger charge is 2.34. The Morgan fingerprint density at radius 2 is 2.09 bits per heavy atom. The lowest BCUT2D eigenvalue weighted by atomic mass is 9.85. The first-order valence-electron chi connectivity index (χ1n) is 12.0. The number of nitrogens with one attached hydrogen (secondary N) is 2. The van der Waals surface area contributed by atoms with Crippen LogP contribution in [-0.2, 0) is 20.9 Å². The molecule has 2 atom stereocenters. The van der Waals surface area contributed by atoms with Gasteiger partial charge in [-0.15, -0.1) is 0 Å². The maximum absolute atomic E-state index is 13.4. The third-order valence-corrected chi connectivity index (χ3v) is 6.46. The molecule has 1 aliphatic rings. The van der Waals surface area contributed by atoms with Gasteiger partial charge in [0.1, 0.15) is 5.82 Å². The van der Waals surface area contributed by atoms with E-state index in [9.17, 15) is 14.8 Å². The molecule has 8 nitrogen and oxygen atoms in total. The smallest absolute Gasteiger partial charge is 0.233 e. The van der Waals surface area contributed by atoms with Crippen molar-refractivity contribution >= 4 is 23.4 Å². The molecule has 3 N–H and O–H groups in total. The first-order chi connectivity index (χ1) is 15.7. The summed E-state index contributed by atoms with van der Waals surface area (Å²) in [4.78, 5) is 32.6. The van der Waals surface area contributed by atoms with Gasteiger partial charge in [0, 0.05) is 6.61 Å². The standard InChI is InChI=1S/C25H38N4O4/c1-5-33-15-18-10-11-20-21(13-18)27-23(26-20)22(25(2,3)4)28-24(31)19(14-29(32)16-30)12-17-8-6-7-9-17/h10-11,13,16-17,19,22,32H,5-9,12,14-15H2,1-4H3,(H,26,27)(H,28,31)/t19-,22-/m1/s1. The van der Waals surface area contributed by atoms with Gasteiger partial charge in [-0.25, -0.2) is 10.0 Å². The van der Waals surface area contributed by atoms with Gasteiger partial charge in [-0.3, -0.25) is 14.8 Å². The van der Waals surface area contributed by atoms with E-state index >= 15 is 0 Å². The van der Waals surface area contributed by atoms with E-state index in [2.05, 4.69) is 31.1 Å². The molecule has 1 fully saturated rings. The Morgan fingerprint density at radius 1 is 1.36 bits per heavy atom. The topological polar surface area (TPSA) is 108 Å². The van der Waals surface area contributed by atoms with Crippen molar-refractivity contribution in [3.8, 4) is 0 Å². The average molecular weight is 459 g/mol. The minimum absolute atomic E-state index is 0.0103. The number of amides is 2. The van der Waals surface area contributed by atoms with Gasteiger partial charge < -0.3 is 15.0 Å². The Labute approximate surface area is 196 Å². The summed E-state index contributed by atoms with van der Waals surface area (Å²) in [6.45, 7) is 9.32. The van der Waals surface area contributed by atoms with Gasteiger partial charge in [0.05, 0.1) is 36.1 Å². The lowest BCUT2D eigenvalue weighted by molar-refractivity contribution is -0.155. The van der Waals surface area contributed by atoms with Crippen LogP contribution in [0.4, 0.5) is 0 Å². The molecule has 8 heteroatoms. The van der Waals surface area contributed by atoms with Gasteiger partial charge >= 0.3 is 0 Å². The van der Waals surface area contributed by atoms with E-state index in [0.717, 1.165) is 29.4 Å². The summed E-state index contributed by atoms with van der Waals surface area (Å²) < 4.78 is 5.51. The van der Waals surface area contributed by atoms with Gasteiger partial charge in [-0.2, -0.15) is 0 Å². The summed E-state index contributed by atoms with van der Waals surface area (Å²) in [6, 6.07) is 5.63. The summed E-state index contributed by atoms with van der Waals surface area (Å²) in [5.41, 5.74) is 2.48. The molecule has 0 radical (unpaired) electrons. The van der Waals surface area contributed by atoms with E-state index in [-0.39, 0.29) is 23.9 Å². The van der Waals surface area contributed by atoms with Crippen molar-refractivity contribution < 1.29 is 19.5 Å². The number of carbonyl (C=O) groups is 2. The van der Waals surface area contributed by atoms with Crippen LogP contribution in [0.5, 0.6) is 0 Å². The third-order valence-electron chi connectivity index (χ3n) is 6.46. The van der Waals surface area contributed by atoms with Crippen LogP contribution >= 0.6 is 0 Å². The number of ether oxygens (including phenoxy) is 1. The second-order valence-electron chi connectivity index (χ2n) is 10.2. The van der Waals surface area contributed by atoms with Gasteiger partial charge in [-0.05, 0) is 42.4 Å². The Balaban J connectivity index is 1.82. The molecule has 0 saturated heterocycles. The number of carbonyl (C=O) groups excluding carboxylic acids is 2. The van der Waals surface area contributed by atoms with Crippen LogP contribution in [0.25, 0.3) is 11.0 Å². The highest BCUT2D eigenvalue weighted by atomic mass is 16.5. The molecule has 2 amide bonds. The first kappa shape index (κ1) is 25.2. The Bertz CT molecular complexity index is 930. The molecule has 2 aromatic rings. The molecule has 1 aromatic carbocycles. The van der Waals surface area contributed by atoms with Crippen LogP contribution in [0.3, 0.4) is 0 Å². The molecule has 0 spiro atoms. The SMILES string of the molecule is CCOCc1ccc2nc([C@@H](NC(=O)[C@H](CC3CCCC3)CN(O)C=O)C(C)(C)C)[nH]c2c1. The minimum atomic E-state index is -0.477. The van der Waals surface area contributed by atoms with E-state index in [1.165, 1.54) is 12.8 Å². The fourth-order valence-corrected chi connectivity index (χ4v) is 4.66. The van der Waals surface area contributed by atoms with Crippen LogP contribution in [0, 0.1) is 17.3 Å². The molecule has 1 heterocycles. The predicted octanol–water partition coefficient (Wildman–Crippen LogP) is 4.35. The van der Waals surface area contributed by atoms with E-state index in [1.807, 2.05) is 25.1 Å². The Kier molecular flexibility index (Phi) is 8.48. The largest absolute Gasteiger partial charge is 0.377 e. The van der Waals surface area contributed by atoms with Gasteiger partial charge in [0.2, 0.25) is 12.3 Å². The number of rotatable bonds is 11. The fraction of sp³-hybridized carbons (Fsp3) is 0.640. The van der Waals surface area contributed by atoms with Gasteiger partial charge in [0.25, 0.3) is 0 Å². The number of aromatic amines is 1. The summed E-state index contributed by atoms with van der Waals surface area (Å²) in [5.74, 6) is 0.495. The second-order valence-corrected chi connectivity index (χ2v) is 10.2. The number of hydroxylamine groups is 2. The van der Waals surface area contributed by atoms with E-state index < -0.39 is 5.92 Å². The van der Waals surface area contributed by atoms with Crippen LogP contribution in [-0.4, -0.2) is 45.7 Å². The quantitative estimate of drug-likeness (QED) is 0.264. The maximum Gasteiger partial charge on any atom is 0.233 e. The Morgan fingerprint density at radius 3 is 2.73 bits per heavy atom. The van der Waals surface area contributed by atoms with Crippen molar-refractivity contribution in [2.45, 2.75) is 72.4 Å². The Hall–Kier alpha value is -2.45. The molecule has 1 aliphatic carbocycles. The minimum Gasteiger partial charge on any atom is -0.377 e. The zero-order valence-corrected chi connectivity index (χ0v) is 20.3. The third kappa shape index (κ3) is 6.77. The van der Waals surface area contributed by atoms with Crippen LogP contribution in [0.1, 0.15) is 77.2 Å². The zero-order chi connectivity index (χ0) is 24.0. The molecule has 33 heavy (non-hydrogen) atoms. The highest BCUT2D eigenvalue weighted by Crippen LogP contribution is 2.34. The van der Waals surface area contributed by atoms with Crippen LogP contribution in [0.15, 0.2) is 18.2 Å². The summed E-state index contributed by atoms with van der Waals surface area (Å²) in [6.07, 6.45) is 5.54. The molecular weight excluding hydrogens is 420 g/mol.